The van der Waals surface area contributed by atoms with Crippen LogP contribution in [0.4, 0.5) is 0 Å². The minimum atomic E-state index is -0.0250. The van der Waals surface area contributed by atoms with E-state index in [2.05, 4.69) is 77.1 Å². The summed E-state index contributed by atoms with van der Waals surface area (Å²) in [6.07, 6.45) is 19.4. The Hall–Kier alpha value is -1.91. The SMILES string of the molecule is Cc1cccc(CCC=C[C@@H]2[C@H]3CC(CCCCC(=O)N(C(C)C)C(C)C)=C[C@H]3C[C@H]2OC2CCCCO2)c1. The van der Waals surface area contributed by atoms with Crippen LogP contribution >= 0.6 is 0 Å². The summed E-state index contributed by atoms with van der Waals surface area (Å²) in [5, 5.41) is 0. The van der Waals surface area contributed by atoms with E-state index in [1.165, 1.54) is 24.0 Å². The summed E-state index contributed by atoms with van der Waals surface area (Å²) in [5.41, 5.74) is 4.36. The second kappa shape index (κ2) is 14.6. The van der Waals surface area contributed by atoms with Crippen molar-refractivity contribution in [3.8, 4) is 0 Å². The molecule has 0 radical (unpaired) electrons. The zero-order valence-corrected chi connectivity index (χ0v) is 25.2. The van der Waals surface area contributed by atoms with Crippen LogP contribution in [0.2, 0.25) is 0 Å². The van der Waals surface area contributed by atoms with E-state index < -0.39 is 0 Å². The molecule has 2 fully saturated rings. The number of unbranched alkanes of at least 4 members (excludes halogenated alkanes) is 1. The summed E-state index contributed by atoms with van der Waals surface area (Å²) in [7, 11) is 0. The Bertz CT molecular complexity index is 966. The fourth-order valence-electron chi connectivity index (χ4n) is 7.23. The van der Waals surface area contributed by atoms with Crippen LogP contribution in [-0.4, -0.2) is 41.9 Å². The van der Waals surface area contributed by atoms with Gasteiger partial charge in [-0.1, -0.05) is 53.6 Å². The quantitative estimate of drug-likeness (QED) is 0.189. The predicted octanol–water partition coefficient (Wildman–Crippen LogP) is 8.18. The number of benzene rings is 1. The van der Waals surface area contributed by atoms with Crippen LogP contribution < -0.4 is 0 Å². The third-order valence-corrected chi connectivity index (χ3v) is 8.97. The molecule has 216 valence electrons. The molecule has 1 saturated carbocycles. The summed E-state index contributed by atoms with van der Waals surface area (Å²) in [6.45, 7) is 11.5. The number of carbonyl (C=O) groups excluding carboxylic acids is 1. The van der Waals surface area contributed by atoms with Crippen molar-refractivity contribution >= 4 is 5.91 Å². The van der Waals surface area contributed by atoms with Gasteiger partial charge in [0.2, 0.25) is 5.91 Å². The van der Waals surface area contributed by atoms with E-state index in [0.717, 1.165) is 58.0 Å². The van der Waals surface area contributed by atoms with Gasteiger partial charge in [-0.25, -0.2) is 0 Å². The van der Waals surface area contributed by atoms with Crippen molar-refractivity contribution in [2.45, 2.75) is 130 Å². The molecule has 0 N–H and O–H groups in total. The molecule has 4 rings (SSSR count). The number of fused-ring (bicyclic) bond motifs is 1. The Kier molecular flexibility index (Phi) is 11.3. The first-order valence-electron chi connectivity index (χ1n) is 15.8. The van der Waals surface area contributed by atoms with Crippen LogP contribution in [0, 0.1) is 24.7 Å². The number of amides is 1. The Morgan fingerprint density at radius 3 is 2.67 bits per heavy atom. The molecule has 1 amide bonds. The van der Waals surface area contributed by atoms with E-state index in [1.807, 2.05) is 4.90 Å². The lowest BCUT2D eigenvalue weighted by atomic mass is 9.88. The average Bonchev–Trinajstić information content (AvgIpc) is 3.42. The summed E-state index contributed by atoms with van der Waals surface area (Å²) < 4.78 is 12.6. The number of hydrogen-bond acceptors (Lipinski definition) is 3. The van der Waals surface area contributed by atoms with Gasteiger partial charge in [-0.3, -0.25) is 4.79 Å². The van der Waals surface area contributed by atoms with Gasteiger partial charge < -0.3 is 14.4 Å². The Morgan fingerprint density at radius 2 is 1.95 bits per heavy atom. The minimum Gasteiger partial charge on any atom is -0.353 e. The summed E-state index contributed by atoms with van der Waals surface area (Å²) in [5.74, 6) is 2.01. The lowest BCUT2D eigenvalue weighted by Gasteiger charge is -2.31. The van der Waals surface area contributed by atoms with Crippen molar-refractivity contribution in [2.75, 3.05) is 6.61 Å². The number of carbonyl (C=O) groups is 1. The lowest BCUT2D eigenvalue weighted by Crippen LogP contribution is -2.41. The molecule has 1 unspecified atom stereocenters. The van der Waals surface area contributed by atoms with Gasteiger partial charge in [0, 0.05) is 31.0 Å². The van der Waals surface area contributed by atoms with Crippen LogP contribution in [0.25, 0.3) is 0 Å². The highest BCUT2D eigenvalue weighted by atomic mass is 16.7. The van der Waals surface area contributed by atoms with E-state index >= 15 is 0 Å². The molecule has 5 atom stereocenters. The molecule has 1 aromatic carbocycles. The molecule has 3 aliphatic rings. The first kappa shape index (κ1) is 30.1. The Labute approximate surface area is 238 Å². The number of ether oxygens (including phenoxy) is 2. The van der Waals surface area contributed by atoms with Crippen LogP contribution in [0.3, 0.4) is 0 Å². The van der Waals surface area contributed by atoms with Gasteiger partial charge in [-0.15, -0.1) is 0 Å². The highest BCUT2D eigenvalue weighted by Crippen LogP contribution is 2.49. The monoisotopic (exact) mass is 535 g/mol. The smallest absolute Gasteiger partial charge is 0.223 e. The summed E-state index contributed by atoms with van der Waals surface area (Å²) in [4.78, 5) is 14.8. The van der Waals surface area contributed by atoms with E-state index in [-0.39, 0.29) is 24.5 Å². The van der Waals surface area contributed by atoms with Crippen LogP contribution in [0.1, 0.15) is 103 Å². The van der Waals surface area contributed by atoms with Gasteiger partial charge in [0.1, 0.15) is 0 Å². The van der Waals surface area contributed by atoms with Crippen molar-refractivity contribution < 1.29 is 14.3 Å². The normalized spacial score (nSPS) is 26.9. The van der Waals surface area contributed by atoms with E-state index in [0.29, 0.717) is 30.1 Å². The first-order chi connectivity index (χ1) is 18.8. The summed E-state index contributed by atoms with van der Waals surface area (Å²) in [6, 6.07) is 9.41. The number of aryl methyl sites for hydroxylation is 2. The second-order valence-electron chi connectivity index (χ2n) is 12.8. The zero-order valence-electron chi connectivity index (χ0n) is 25.2. The van der Waals surface area contributed by atoms with Gasteiger partial charge >= 0.3 is 0 Å². The lowest BCUT2D eigenvalue weighted by molar-refractivity contribution is -0.192. The standard InChI is InChI=1S/C35H53NO3/c1-25(2)36(26(3)4)34(37)18-9-7-15-29-22-30-24-33(39-35-19-10-11-20-38-35)31(32(30)23-29)17-8-6-14-28-16-12-13-27(5)21-28/h8,12-13,16-17,21-22,25-26,30-33,35H,6-7,9-11,14-15,18-20,23-24H2,1-5H3/t30-,31+,32-,33+,35?/m0/s1. The summed E-state index contributed by atoms with van der Waals surface area (Å²) >= 11 is 0. The molecule has 4 heteroatoms. The van der Waals surface area contributed by atoms with E-state index in [4.69, 9.17) is 9.47 Å². The number of nitrogens with zero attached hydrogens (tertiary/aromatic N) is 1. The van der Waals surface area contributed by atoms with Crippen LogP contribution in [0.15, 0.2) is 48.1 Å². The molecule has 4 nitrogen and oxygen atoms in total. The molecular formula is C35H53NO3. The molecule has 2 aliphatic carbocycles. The molecule has 0 bridgehead atoms. The predicted molar refractivity (Wildman–Crippen MR) is 160 cm³/mol. The molecule has 0 spiro atoms. The second-order valence-corrected chi connectivity index (χ2v) is 12.8. The van der Waals surface area contributed by atoms with Crippen LogP contribution in [-0.2, 0) is 20.7 Å². The molecule has 1 heterocycles. The first-order valence-corrected chi connectivity index (χ1v) is 15.8. The van der Waals surface area contributed by atoms with Gasteiger partial charge in [0.15, 0.2) is 6.29 Å². The molecule has 1 saturated heterocycles. The Balaban J connectivity index is 1.30. The molecular weight excluding hydrogens is 482 g/mol. The maximum absolute atomic E-state index is 12.7. The van der Waals surface area contributed by atoms with Crippen molar-refractivity contribution in [3.05, 3.63) is 59.2 Å². The van der Waals surface area contributed by atoms with Gasteiger partial charge in [0.25, 0.3) is 0 Å². The molecule has 1 aliphatic heterocycles. The molecule has 1 aromatic rings. The van der Waals surface area contributed by atoms with Crippen molar-refractivity contribution in [1.82, 2.24) is 4.90 Å². The number of allylic oxidation sites excluding steroid dienone is 3. The van der Waals surface area contributed by atoms with Gasteiger partial charge in [-0.05, 0) is 116 Å². The maximum Gasteiger partial charge on any atom is 0.223 e. The largest absolute Gasteiger partial charge is 0.353 e. The topological polar surface area (TPSA) is 38.8 Å². The Morgan fingerprint density at radius 1 is 1.13 bits per heavy atom. The number of hydrogen-bond donors (Lipinski definition) is 0. The fourth-order valence-corrected chi connectivity index (χ4v) is 7.23. The highest BCUT2D eigenvalue weighted by Gasteiger charge is 2.45. The van der Waals surface area contributed by atoms with E-state index in [9.17, 15) is 4.79 Å². The van der Waals surface area contributed by atoms with Crippen molar-refractivity contribution in [1.29, 1.82) is 0 Å². The molecule has 39 heavy (non-hydrogen) atoms. The van der Waals surface area contributed by atoms with Crippen molar-refractivity contribution in [2.24, 2.45) is 17.8 Å². The average molecular weight is 536 g/mol. The van der Waals surface area contributed by atoms with Crippen molar-refractivity contribution in [3.63, 3.8) is 0 Å². The maximum atomic E-state index is 12.7. The third-order valence-electron chi connectivity index (χ3n) is 8.97. The van der Waals surface area contributed by atoms with E-state index in [1.54, 1.807) is 5.57 Å². The molecule has 0 aromatic heterocycles. The minimum absolute atomic E-state index is 0.0250. The van der Waals surface area contributed by atoms with Crippen LogP contribution in [0.5, 0.6) is 0 Å². The third kappa shape index (κ3) is 8.54. The highest BCUT2D eigenvalue weighted by molar-refractivity contribution is 5.76. The van der Waals surface area contributed by atoms with Gasteiger partial charge in [-0.2, -0.15) is 0 Å². The fraction of sp³-hybridized carbons (Fsp3) is 0.686. The zero-order chi connectivity index (χ0) is 27.8. The number of rotatable bonds is 13. The van der Waals surface area contributed by atoms with Gasteiger partial charge in [0.05, 0.1) is 6.10 Å².